The second-order valence-electron chi connectivity index (χ2n) is 7.44. The first-order valence-electron chi connectivity index (χ1n) is 9.23. The standard InChI is InChI=1S/C18H20F2N6O/c19-18(20)4-7-25(11-18)17(27)24-6-1-2-12(10-24)14-8-22-15-9-23-16-13(26(14)15)3-5-21-16/h3,5,8-9,12,21H,1-2,4,6-7,10-11H2/t12-/m1/s1. The Morgan fingerprint density at radius 1 is 1.22 bits per heavy atom. The third kappa shape index (κ3) is 2.72. The fourth-order valence-corrected chi connectivity index (χ4v) is 4.27. The third-order valence-electron chi connectivity index (χ3n) is 5.62. The van der Waals surface area contributed by atoms with Gasteiger partial charge in [0.25, 0.3) is 5.92 Å². The predicted molar refractivity (Wildman–Crippen MR) is 94.9 cm³/mol. The van der Waals surface area contributed by atoms with Crippen LogP contribution >= 0.6 is 0 Å². The van der Waals surface area contributed by atoms with Crippen molar-refractivity contribution in [2.24, 2.45) is 0 Å². The highest BCUT2D eigenvalue weighted by molar-refractivity contribution is 5.76. The molecule has 0 radical (unpaired) electrons. The van der Waals surface area contributed by atoms with Crippen molar-refractivity contribution in [3.05, 3.63) is 30.4 Å². The number of likely N-dealkylation sites (tertiary alicyclic amines) is 2. The normalized spacial score (nSPS) is 22.8. The molecule has 0 aromatic carbocycles. The number of hydrogen-bond acceptors (Lipinski definition) is 3. The zero-order chi connectivity index (χ0) is 18.6. The van der Waals surface area contributed by atoms with Gasteiger partial charge in [0.15, 0.2) is 11.3 Å². The smallest absolute Gasteiger partial charge is 0.320 e. The Morgan fingerprint density at radius 2 is 2.11 bits per heavy atom. The van der Waals surface area contributed by atoms with E-state index in [0.29, 0.717) is 13.1 Å². The first-order chi connectivity index (χ1) is 13.0. The van der Waals surface area contributed by atoms with Crippen LogP contribution in [0.1, 0.15) is 30.9 Å². The second-order valence-corrected chi connectivity index (χ2v) is 7.44. The van der Waals surface area contributed by atoms with Gasteiger partial charge in [0.05, 0.1) is 18.3 Å². The minimum absolute atomic E-state index is 0.112. The van der Waals surface area contributed by atoms with Crippen LogP contribution < -0.4 is 0 Å². The highest BCUT2D eigenvalue weighted by Gasteiger charge is 2.42. The van der Waals surface area contributed by atoms with Gasteiger partial charge in [-0.05, 0) is 18.9 Å². The zero-order valence-electron chi connectivity index (χ0n) is 14.7. The van der Waals surface area contributed by atoms with Crippen LogP contribution in [0, 0.1) is 0 Å². The summed E-state index contributed by atoms with van der Waals surface area (Å²) in [6.45, 7) is 0.773. The quantitative estimate of drug-likeness (QED) is 0.712. The molecule has 2 saturated heterocycles. The Labute approximate surface area is 154 Å². The number of H-pyrrole nitrogens is 1. The number of alkyl halides is 2. The van der Waals surface area contributed by atoms with Crippen molar-refractivity contribution in [3.63, 3.8) is 0 Å². The molecule has 27 heavy (non-hydrogen) atoms. The van der Waals surface area contributed by atoms with Gasteiger partial charge >= 0.3 is 6.03 Å². The van der Waals surface area contributed by atoms with E-state index in [1.54, 1.807) is 11.1 Å². The second kappa shape index (κ2) is 5.90. The lowest BCUT2D eigenvalue weighted by molar-refractivity contribution is 0.0134. The van der Waals surface area contributed by atoms with Gasteiger partial charge in [0.1, 0.15) is 0 Å². The number of hydrogen-bond donors (Lipinski definition) is 1. The van der Waals surface area contributed by atoms with Gasteiger partial charge < -0.3 is 14.8 Å². The van der Waals surface area contributed by atoms with Crippen molar-refractivity contribution in [3.8, 4) is 0 Å². The van der Waals surface area contributed by atoms with E-state index in [4.69, 9.17) is 0 Å². The van der Waals surface area contributed by atoms with Crippen molar-refractivity contribution < 1.29 is 13.6 Å². The van der Waals surface area contributed by atoms with E-state index in [2.05, 4.69) is 19.4 Å². The van der Waals surface area contributed by atoms with Crippen LogP contribution in [0.15, 0.2) is 24.7 Å². The molecular weight excluding hydrogens is 354 g/mol. The number of nitrogens with zero attached hydrogens (tertiary/aromatic N) is 5. The number of urea groups is 1. The molecule has 9 heteroatoms. The fraction of sp³-hybridized carbons (Fsp3) is 0.500. The Hall–Kier alpha value is -2.71. The summed E-state index contributed by atoms with van der Waals surface area (Å²) in [5.41, 5.74) is 3.52. The van der Waals surface area contributed by atoms with E-state index in [0.717, 1.165) is 35.3 Å². The summed E-state index contributed by atoms with van der Waals surface area (Å²) in [6, 6.07) is 1.68. The molecule has 0 spiro atoms. The molecular formula is C18H20F2N6O. The van der Waals surface area contributed by atoms with Crippen molar-refractivity contribution in [1.29, 1.82) is 0 Å². The number of amides is 2. The summed E-state index contributed by atoms with van der Waals surface area (Å²) >= 11 is 0. The van der Waals surface area contributed by atoms with Gasteiger partial charge in [-0.2, -0.15) is 0 Å². The topological polar surface area (TPSA) is 69.5 Å². The number of imidazole rings is 1. The molecule has 5 heterocycles. The van der Waals surface area contributed by atoms with Crippen LogP contribution in [-0.4, -0.2) is 67.3 Å². The van der Waals surface area contributed by atoms with Crippen molar-refractivity contribution in [1.82, 2.24) is 29.2 Å². The van der Waals surface area contributed by atoms with Crippen LogP contribution in [0.3, 0.4) is 0 Å². The molecule has 0 unspecified atom stereocenters. The molecule has 2 aliphatic heterocycles. The molecule has 2 amide bonds. The molecule has 0 aliphatic carbocycles. The Balaban J connectivity index is 1.42. The maximum Gasteiger partial charge on any atom is 0.320 e. The van der Waals surface area contributed by atoms with Crippen LogP contribution in [0.25, 0.3) is 16.8 Å². The average molecular weight is 374 g/mol. The van der Waals surface area contributed by atoms with E-state index >= 15 is 0 Å². The van der Waals surface area contributed by atoms with Crippen LogP contribution in [0.4, 0.5) is 13.6 Å². The summed E-state index contributed by atoms with van der Waals surface area (Å²) in [5, 5.41) is 0. The third-order valence-corrected chi connectivity index (χ3v) is 5.62. The molecule has 5 rings (SSSR count). The molecule has 1 N–H and O–H groups in total. The van der Waals surface area contributed by atoms with E-state index in [9.17, 15) is 13.6 Å². The predicted octanol–water partition coefficient (Wildman–Crippen LogP) is 2.85. The fourth-order valence-electron chi connectivity index (χ4n) is 4.27. The molecule has 0 saturated carbocycles. The lowest BCUT2D eigenvalue weighted by Gasteiger charge is -2.35. The number of carbonyl (C=O) groups is 1. The SMILES string of the molecule is O=C(N1CCC[C@@H](c2cnc3cnc4[nH]ccc4n23)C1)N1CCC(F)(F)C1. The summed E-state index contributed by atoms with van der Waals surface area (Å²) in [7, 11) is 0. The number of aromatic nitrogens is 4. The highest BCUT2D eigenvalue weighted by atomic mass is 19.3. The minimum Gasteiger partial charge on any atom is -0.345 e. The number of piperidine rings is 1. The molecule has 7 nitrogen and oxygen atoms in total. The molecule has 1 atom stereocenters. The maximum atomic E-state index is 13.5. The van der Waals surface area contributed by atoms with E-state index in [1.165, 1.54) is 4.90 Å². The zero-order valence-corrected chi connectivity index (χ0v) is 14.7. The first kappa shape index (κ1) is 16.5. The van der Waals surface area contributed by atoms with Gasteiger partial charge in [0, 0.05) is 50.1 Å². The number of rotatable bonds is 1. The van der Waals surface area contributed by atoms with E-state index in [1.807, 2.05) is 18.5 Å². The highest BCUT2D eigenvalue weighted by Crippen LogP contribution is 2.32. The van der Waals surface area contributed by atoms with Crippen LogP contribution in [0.2, 0.25) is 0 Å². The molecule has 2 fully saturated rings. The number of fused-ring (bicyclic) bond motifs is 3. The van der Waals surface area contributed by atoms with Gasteiger partial charge in [-0.1, -0.05) is 0 Å². The Kier molecular flexibility index (Phi) is 3.60. The average Bonchev–Trinajstić information content (AvgIpc) is 3.37. The maximum absolute atomic E-state index is 13.5. The number of halogens is 2. The lowest BCUT2D eigenvalue weighted by atomic mass is 9.95. The summed E-state index contributed by atoms with van der Waals surface area (Å²) < 4.78 is 29.0. The van der Waals surface area contributed by atoms with Gasteiger partial charge in [0.2, 0.25) is 0 Å². The lowest BCUT2D eigenvalue weighted by Crippen LogP contribution is -2.47. The summed E-state index contributed by atoms with van der Waals surface area (Å²) in [6.07, 6.45) is 6.93. The first-order valence-corrected chi connectivity index (χ1v) is 9.23. The summed E-state index contributed by atoms with van der Waals surface area (Å²) in [5.74, 6) is -2.65. The molecule has 142 valence electrons. The summed E-state index contributed by atoms with van der Waals surface area (Å²) in [4.78, 5) is 27.6. The van der Waals surface area contributed by atoms with Crippen LogP contribution in [0.5, 0.6) is 0 Å². The Morgan fingerprint density at radius 3 is 2.93 bits per heavy atom. The molecule has 0 bridgehead atoms. The molecule has 2 aliphatic rings. The van der Waals surface area contributed by atoms with Crippen molar-refractivity contribution in [2.75, 3.05) is 26.2 Å². The number of carbonyl (C=O) groups excluding carboxylic acids is 1. The number of aromatic amines is 1. The van der Waals surface area contributed by atoms with Crippen molar-refractivity contribution >= 4 is 22.8 Å². The molecule has 3 aromatic rings. The van der Waals surface area contributed by atoms with Gasteiger partial charge in [-0.25, -0.2) is 23.5 Å². The van der Waals surface area contributed by atoms with Crippen molar-refractivity contribution in [2.45, 2.75) is 31.1 Å². The largest absolute Gasteiger partial charge is 0.345 e. The van der Waals surface area contributed by atoms with Crippen LogP contribution in [-0.2, 0) is 0 Å². The number of nitrogens with one attached hydrogen (secondary N) is 1. The van der Waals surface area contributed by atoms with Gasteiger partial charge in [-0.3, -0.25) is 4.40 Å². The Bertz CT molecular complexity index is 1010. The van der Waals surface area contributed by atoms with E-state index < -0.39 is 12.5 Å². The minimum atomic E-state index is -2.76. The molecule has 3 aromatic heterocycles. The van der Waals surface area contributed by atoms with Gasteiger partial charge in [-0.15, -0.1) is 0 Å². The van der Waals surface area contributed by atoms with E-state index in [-0.39, 0.29) is 24.9 Å². The monoisotopic (exact) mass is 374 g/mol.